The second kappa shape index (κ2) is 25.6. The number of aromatic nitrogens is 2. The average molecular weight is 1270 g/mol. The summed E-state index contributed by atoms with van der Waals surface area (Å²) in [5.41, 5.74) is 37.4. The van der Waals surface area contributed by atoms with Gasteiger partial charge in [-0.15, -0.1) is 0 Å². The van der Waals surface area contributed by atoms with Crippen molar-refractivity contribution in [3.8, 4) is 0 Å². The van der Waals surface area contributed by atoms with Crippen LogP contribution in [-0.2, 0) is 51.9 Å². The first-order valence-electron chi connectivity index (χ1n) is 30.6. The maximum atomic E-state index is 14.4. The molecule has 0 spiro atoms. The maximum absolute atomic E-state index is 14.4. The largest absolute Gasteiger partial charge is 0.472 e. The summed E-state index contributed by atoms with van der Waals surface area (Å²) in [6, 6.07) is 2.70. The SMILES string of the molecule is CC1=C2N=C(/C=C3\NC(=C(C)C4=NC(C)(C5N=C1C(C)(CCC(=O)NCC(C)OP(=O)(O)OC1C(CO)OC(n6cnc7cc(C)c(C)cc76)C1O)C5CC(N)=O)C(C)(CC(N)=O)C4CCC(N)=O)C(C)(CC(N)=O)C3CCC(N)=O)C(C)(C)C2CCC(N)=O. The first kappa shape index (κ1) is 68.9. The number of phosphoric acid groups is 1. The van der Waals surface area contributed by atoms with Crippen molar-refractivity contribution in [2.45, 2.75) is 189 Å². The Morgan fingerprint density at radius 2 is 1.40 bits per heavy atom. The van der Waals surface area contributed by atoms with Crippen molar-refractivity contribution in [1.29, 1.82) is 0 Å². The molecule has 7 heterocycles. The zero-order valence-corrected chi connectivity index (χ0v) is 54.1. The Labute approximate surface area is 523 Å². The molecular weight excluding hydrogens is 1180 g/mol. The van der Waals surface area contributed by atoms with E-state index < -0.39 is 143 Å². The van der Waals surface area contributed by atoms with Crippen LogP contribution in [-0.4, -0.2) is 132 Å². The molecule has 1 aromatic carbocycles. The van der Waals surface area contributed by atoms with E-state index in [1.54, 1.807) is 4.57 Å². The minimum atomic E-state index is -5.07. The highest BCUT2D eigenvalue weighted by Crippen LogP contribution is 2.63. The molecule has 492 valence electrons. The summed E-state index contributed by atoms with van der Waals surface area (Å²) >= 11 is 0. The quantitative estimate of drug-likeness (QED) is 0.0603. The zero-order chi connectivity index (χ0) is 66.7. The number of aliphatic hydroxyl groups is 2. The number of allylic oxidation sites excluding steroid dienone is 6. The van der Waals surface area contributed by atoms with Crippen LogP contribution in [0.2, 0.25) is 0 Å². The molecule has 8 rings (SSSR count). The normalized spacial score (nSPS) is 32.6. The highest BCUT2D eigenvalue weighted by Gasteiger charge is 2.66. The van der Waals surface area contributed by atoms with Crippen LogP contribution in [0.25, 0.3) is 11.0 Å². The Bertz CT molecular complexity index is 3540. The predicted molar refractivity (Wildman–Crippen MR) is 334 cm³/mol. The van der Waals surface area contributed by atoms with Gasteiger partial charge < -0.3 is 69.4 Å². The molecule has 8 bridgehead atoms. The van der Waals surface area contributed by atoms with Gasteiger partial charge in [-0.25, -0.2) is 9.55 Å². The Morgan fingerprint density at radius 1 is 0.800 bits per heavy atom. The van der Waals surface area contributed by atoms with E-state index in [1.165, 1.54) is 13.3 Å². The molecule has 1 aromatic heterocycles. The third-order valence-electron chi connectivity index (χ3n) is 20.6. The number of hydrogen-bond donors (Lipinski definition) is 11. The number of aliphatic hydroxyl groups excluding tert-OH is 2. The van der Waals surface area contributed by atoms with Crippen LogP contribution >= 0.6 is 7.82 Å². The number of aryl methyl sites for hydroxylation is 2. The van der Waals surface area contributed by atoms with Crippen LogP contribution in [0.1, 0.15) is 150 Å². The van der Waals surface area contributed by atoms with E-state index in [0.717, 1.165) is 11.1 Å². The summed E-state index contributed by atoms with van der Waals surface area (Å²) in [5.74, 6) is -7.18. The number of rotatable bonds is 26. The molecule has 0 aliphatic carbocycles. The molecule has 7 amide bonds. The van der Waals surface area contributed by atoms with Crippen molar-refractivity contribution in [2.75, 3.05) is 13.2 Å². The predicted octanol–water partition coefficient (Wildman–Crippen LogP) is 3.16. The fraction of sp³-hybridized carbons (Fsp3) is 0.629. The van der Waals surface area contributed by atoms with E-state index in [9.17, 15) is 53.2 Å². The molecule has 2 saturated heterocycles. The van der Waals surface area contributed by atoms with Gasteiger partial charge in [0.1, 0.15) is 18.3 Å². The van der Waals surface area contributed by atoms with E-state index in [4.69, 9.17) is 63.2 Å². The number of primary amides is 6. The fourth-order valence-electron chi connectivity index (χ4n) is 15.4. The molecule has 2 fully saturated rings. The lowest BCUT2D eigenvalue weighted by Gasteiger charge is -2.48. The summed E-state index contributed by atoms with van der Waals surface area (Å²) in [6.07, 6.45) is -4.26. The Balaban J connectivity index is 1.19. The Hall–Kier alpha value is -7.00. The van der Waals surface area contributed by atoms with Gasteiger partial charge in [-0.05, 0) is 108 Å². The first-order valence-corrected chi connectivity index (χ1v) is 32.1. The standard InChI is InChI=1S/C62H90N13O14P/c1-29-20-39-40(21-30(29)2)75(28-70-39)57-52(84)53(41(27-76)87-57)89-90(85,86)88-31(3)26-69-49(83)18-19-59(8)37(22-46(66)80)56-62(11)61(10,25-48(68)82)36(14-17-45(65)79)51(74-62)33(5)55-60(9,24-47(67)81)34(12-15-43(63)77)38(71-55)23-42-58(6,7)35(13-16-44(64)78)50(72-42)32(4)54(59)73-56/h20-21,23,28,31,34-37,41,52-53,56-57,71,76,84H,12-19,22,24-27H2,1-11H3,(H2,63,77)(H2,64,78)(H2,65,79)(H2,66,80)(H2,67,81)(H2,68,82)(H,69,83)(H,85,86)/b38-23-,50-32?,55-33?. The highest BCUT2D eigenvalue weighted by molar-refractivity contribution is 7.47. The fourth-order valence-corrected chi connectivity index (χ4v) is 16.6. The van der Waals surface area contributed by atoms with E-state index in [1.807, 2.05) is 87.4 Å². The van der Waals surface area contributed by atoms with Gasteiger partial charge in [-0.3, -0.25) is 57.6 Å². The summed E-state index contributed by atoms with van der Waals surface area (Å²) in [4.78, 5) is 126. The number of nitrogens with zero attached hydrogens (tertiary/aromatic N) is 5. The third kappa shape index (κ3) is 13.0. The van der Waals surface area contributed by atoms with Gasteiger partial charge >= 0.3 is 7.82 Å². The van der Waals surface area contributed by atoms with Crippen molar-refractivity contribution in [1.82, 2.24) is 20.2 Å². The van der Waals surface area contributed by atoms with Gasteiger partial charge in [-0.1, -0.05) is 34.6 Å². The van der Waals surface area contributed by atoms with Gasteiger partial charge in [0, 0.05) is 131 Å². The second-order valence-corrected chi connectivity index (χ2v) is 28.4. The summed E-state index contributed by atoms with van der Waals surface area (Å²) in [7, 11) is -5.07. The molecule has 0 radical (unpaired) electrons. The smallest absolute Gasteiger partial charge is 0.394 e. The monoisotopic (exact) mass is 1270 g/mol. The second-order valence-electron chi connectivity index (χ2n) is 27.1. The number of fused-ring (bicyclic) bond motifs is 7. The van der Waals surface area contributed by atoms with Crippen molar-refractivity contribution in [3.63, 3.8) is 0 Å². The molecule has 6 aliphatic rings. The molecule has 15 atom stereocenters. The van der Waals surface area contributed by atoms with E-state index >= 15 is 0 Å². The number of benzene rings is 1. The third-order valence-corrected chi connectivity index (χ3v) is 21.7. The highest BCUT2D eigenvalue weighted by atomic mass is 31.2. The molecular formula is C62H90N13O14P. The maximum Gasteiger partial charge on any atom is 0.472 e. The number of hydrogen-bond acceptors (Lipinski definition) is 18. The molecule has 28 heteroatoms. The number of nitrogens with two attached hydrogens (primary N) is 6. The summed E-state index contributed by atoms with van der Waals surface area (Å²) in [6.45, 7) is 19.3. The minimum Gasteiger partial charge on any atom is -0.394 e. The molecule has 0 saturated carbocycles. The lowest BCUT2D eigenvalue weighted by atomic mass is 9.55. The van der Waals surface area contributed by atoms with Gasteiger partial charge in [0.2, 0.25) is 41.4 Å². The summed E-state index contributed by atoms with van der Waals surface area (Å²) < 4.78 is 32.3. The minimum absolute atomic E-state index is 0.0114. The van der Waals surface area contributed by atoms with Gasteiger partial charge in [0.05, 0.1) is 41.7 Å². The van der Waals surface area contributed by atoms with Crippen LogP contribution in [0, 0.1) is 59.2 Å². The number of carbonyl (C=O) groups excluding carboxylic acids is 7. The number of aliphatic imine (C=N–C) groups is 3. The molecule has 17 N–H and O–H groups in total. The lowest BCUT2D eigenvalue weighted by molar-refractivity contribution is -0.124. The van der Waals surface area contributed by atoms with Crippen molar-refractivity contribution in [2.24, 2.45) is 94.7 Å². The Morgan fingerprint density at radius 3 is 1.99 bits per heavy atom. The molecule has 15 unspecified atom stereocenters. The van der Waals surface area contributed by atoms with Crippen LogP contribution in [0.15, 0.2) is 67.8 Å². The van der Waals surface area contributed by atoms with Crippen molar-refractivity contribution >= 4 is 77.3 Å². The average Bonchev–Trinajstić information content (AvgIpc) is 1.53. The van der Waals surface area contributed by atoms with Gasteiger partial charge in [0.25, 0.3) is 0 Å². The Kier molecular flexibility index (Phi) is 19.6. The van der Waals surface area contributed by atoms with E-state index in [0.29, 0.717) is 56.4 Å². The first-order chi connectivity index (χ1) is 41.8. The number of imidazole rings is 1. The van der Waals surface area contributed by atoms with E-state index in [-0.39, 0.29) is 77.2 Å². The van der Waals surface area contributed by atoms with Crippen molar-refractivity contribution < 1.29 is 67.0 Å². The van der Waals surface area contributed by atoms with Gasteiger partial charge in [-0.2, -0.15) is 0 Å². The van der Waals surface area contributed by atoms with Crippen molar-refractivity contribution in [3.05, 3.63) is 63.9 Å². The molecule has 2 aromatic rings. The topological polar surface area (TPSA) is 460 Å². The number of carbonyl (C=O) groups is 7. The molecule has 90 heavy (non-hydrogen) atoms. The number of ether oxygens (including phenoxy) is 1. The van der Waals surface area contributed by atoms with Gasteiger partial charge in [0.15, 0.2) is 6.23 Å². The van der Waals surface area contributed by atoms with Crippen LogP contribution in [0.3, 0.4) is 0 Å². The zero-order valence-electron chi connectivity index (χ0n) is 53.3. The molecule has 6 aliphatic heterocycles. The molecule has 27 nitrogen and oxygen atoms in total. The lowest BCUT2D eigenvalue weighted by Crippen LogP contribution is -2.56. The van der Waals surface area contributed by atoms with Crippen LogP contribution < -0.4 is 45.0 Å². The van der Waals surface area contributed by atoms with E-state index in [2.05, 4.69) is 15.6 Å². The number of phosphoric ester groups is 1. The van der Waals surface area contributed by atoms with Crippen LogP contribution in [0.5, 0.6) is 0 Å². The van der Waals surface area contributed by atoms with Crippen LogP contribution in [0.4, 0.5) is 0 Å². The summed E-state index contributed by atoms with van der Waals surface area (Å²) in [5, 5.41) is 28.2. The number of nitrogens with one attached hydrogen (secondary N) is 2. The number of amides is 7.